The van der Waals surface area contributed by atoms with Crippen molar-refractivity contribution in [3.63, 3.8) is 0 Å². The number of pyridine rings is 1. The van der Waals surface area contributed by atoms with Crippen molar-refractivity contribution < 1.29 is 4.74 Å². The molecular weight excluding hydrogens is 232 g/mol. The van der Waals surface area contributed by atoms with Gasteiger partial charge in [-0.15, -0.1) is 0 Å². The molecule has 0 atom stereocenters. The van der Waals surface area contributed by atoms with E-state index in [0.717, 1.165) is 30.2 Å². The number of rotatable bonds is 5. The lowest BCUT2D eigenvalue weighted by molar-refractivity contribution is 0.412. The molecule has 0 radical (unpaired) electrons. The molecule has 2 rings (SSSR count). The fourth-order valence-electron chi connectivity index (χ4n) is 1.64. The van der Waals surface area contributed by atoms with Gasteiger partial charge in [0.05, 0.1) is 12.8 Å². The molecule has 0 bridgehead atoms. The van der Waals surface area contributed by atoms with Crippen LogP contribution in [0.2, 0.25) is 0 Å². The first-order chi connectivity index (χ1) is 8.28. The number of methoxy groups -OCH3 is 1. The molecule has 90 valence electrons. The summed E-state index contributed by atoms with van der Waals surface area (Å²) in [4.78, 5) is 4.46. The third kappa shape index (κ3) is 3.54. The number of nitrogens with zero attached hydrogens (tertiary/aromatic N) is 1. The van der Waals surface area contributed by atoms with Crippen LogP contribution < -0.4 is 10.1 Å². The summed E-state index contributed by atoms with van der Waals surface area (Å²) in [6, 6.07) is 6.03. The highest BCUT2D eigenvalue weighted by atomic mass is 32.1. The number of aryl methyl sites for hydroxylation is 1. The van der Waals surface area contributed by atoms with Crippen molar-refractivity contribution in [2.24, 2.45) is 0 Å². The molecule has 17 heavy (non-hydrogen) atoms. The molecule has 0 aliphatic carbocycles. The minimum atomic E-state index is 0.758. The largest absolute Gasteiger partial charge is 0.497 e. The van der Waals surface area contributed by atoms with E-state index in [2.05, 4.69) is 27.1 Å². The maximum Gasteiger partial charge on any atom is 0.122 e. The van der Waals surface area contributed by atoms with Gasteiger partial charge in [0.25, 0.3) is 0 Å². The third-order valence-corrected chi connectivity index (χ3v) is 3.16. The van der Waals surface area contributed by atoms with Gasteiger partial charge in [-0.1, -0.05) is 0 Å². The van der Waals surface area contributed by atoms with Crippen molar-refractivity contribution in [1.82, 2.24) is 10.3 Å². The summed E-state index contributed by atoms with van der Waals surface area (Å²) < 4.78 is 5.22. The summed E-state index contributed by atoms with van der Waals surface area (Å²) in [5.74, 6) is 0.866. The quantitative estimate of drug-likeness (QED) is 0.883. The van der Waals surface area contributed by atoms with Crippen molar-refractivity contribution >= 4 is 11.3 Å². The maximum absolute atomic E-state index is 5.22. The second kappa shape index (κ2) is 5.80. The third-order valence-electron chi connectivity index (χ3n) is 2.43. The van der Waals surface area contributed by atoms with Crippen LogP contribution in [0.1, 0.15) is 17.0 Å². The molecule has 4 heteroatoms. The van der Waals surface area contributed by atoms with Gasteiger partial charge in [0.1, 0.15) is 5.75 Å². The van der Waals surface area contributed by atoms with Crippen LogP contribution in [0.5, 0.6) is 5.75 Å². The van der Waals surface area contributed by atoms with E-state index in [0.29, 0.717) is 0 Å². The fourth-order valence-corrected chi connectivity index (χ4v) is 2.31. The lowest BCUT2D eigenvalue weighted by Gasteiger charge is -2.07. The Kier molecular flexibility index (Phi) is 4.12. The number of thiophene rings is 1. The minimum absolute atomic E-state index is 0.758. The Morgan fingerprint density at radius 2 is 2.24 bits per heavy atom. The maximum atomic E-state index is 5.22. The first-order valence-electron chi connectivity index (χ1n) is 5.51. The van der Waals surface area contributed by atoms with Crippen molar-refractivity contribution in [1.29, 1.82) is 0 Å². The molecule has 0 aliphatic rings. The van der Waals surface area contributed by atoms with E-state index in [1.165, 1.54) is 5.56 Å². The van der Waals surface area contributed by atoms with Gasteiger partial charge in [-0.25, -0.2) is 0 Å². The fraction of sp³-hybridized carbons (Fsp3) is 0.308. The van der Waals surface area contributed by atoms with Crippen LogP contribution in [-0.2, 0) is 13.1 Å². The van der Waals surface area contributed by atoms with Crippen molar-refractivity contribution in [2.45, 2.75) is 20.0 Å². The predicted octanol–water partition coefficient (Wildman–Crippen LogP) is 2.75. The lowest BCUT2D eigenvalue weighted by Crippen LogP contribution is -2.13. The van der Waals surface area contributed by atoms with Gasteiger partial charge < -0.3 is 10.1 Å². The van der Waals surface area contributed by atoms with Crippen LogP contribution in [0.3, 0.4) is 0 Å². The Labute approximate surface area is 105 Å². The molecule has 0 spiro atoms. The van der Waals surface area contributed by atoms with Crippen molar-refractivity contribution in [3.8, 4) is 5.75 Å². The summed E-state index contributed by atoms with van der Waals surface area (Å²) in [6.07, 6.45) is 0. The Balaban J connectivity index is 1.92. The molecule has 0 aromatic carbocycles. The summed E-state index contributed by atoms with van der Waals surface area (Å²) in [5.41, 5.74) is 3.31. The van der Waals surface area contributed by atoms with E-state index in [-0.39, 0.29) is 0 Å². The van der Waals surface area contributed by atoms with Gasteiger partial charge in [0.15, 0.2) is 0 Å². The lowest BCUT2D eigenvalue weighted by atomic mass is 10.2. The van der Waals surface area contributed by atoms with Gasteiger partial charge in [0.2, 0.25) is 0 Å². The van der Waals surface area contributed by atoms with E-state index in [4.69, 9.17) is 4.74 Å². The SMILES string of the molecule is COc1cc(C)nc(CNCc2ccsc2)c1. The van der Waals surface area contributed by atoms with Gasteiger partial charge >= 0.3 is 0 Å². The van der Waals surface area contributed by atoms with Crippen LogP contribution in [0.15, 0.2) is 29.0 Å². The Bertz CT molecular complexity index is 468. The van der Waals surface area contributed by atoms with Crippen LogP contribution in [0.4, 0.5) is 0 Å². The average molecular weight is 248 g/mol. The summed E-state index contributed by atoms with van der Waals surface area (Å²) in [6.45, 7) is 3.61. The topological polar surface area (TPSA) is 34.1 Å². The summed E-state index contributed by atoms with van der Waals surface area (Å²) in [7, 11) is 1.68. The van der Waals surface area contributed by atoms with E-state index < -0.39 is 0 Å². The van der Waals surface area contributed by atoms with Crippen LogP contribution in [0, 0.1) is 6.92 Å². The van der Waals surface area contributed by atoms with Gasteiger partial charge in [-0.2, -0.15) is 11.3 Å². The predicted molar refractivity (Wildman–Crippen MR) is 70.4 cm³/mol. The molecule has 0 aliphatic heterocycles. The zero-order chi connectivity index (χ0) is 12.1. The molecule has 0 amide bonds. The van der Waals surface area contributed by atoms with E-state index in [1.807, 2.05) is 19.1 Å². The summed E-state index contributed by atoms with van der Waals surface area (Å²) in [5, 5.41) is 7.61. The number of hydrogen-bond acceptors (Lipinski definition) is 4. The molecule has 2 heterocycles. The monoisotopic (exact) mass is 248 g/mol. The molecule has 3 nitrogen and oxygen atoms in total. The number of ether oxygens (including phenoxy) is 1. The summed E-state index contributed by atoms with van der Waals surface area (Å²) >= 11 is 1.72. The van der Waals surface area contributed by atoms with Gasteiger partial charge in [-0.05, 0) is 29.3 Å². The van der Waals surface area contributed by atoms with Gasteiger partial charge in [0, 0.05) is 30.9 Å². The first-order valence-corrected chi connectivity index (χ1v) is 6.45. The zero-order valence-corrected chi connectivity index (χ0v) is 10.9. The van der Waals surface area contributed by atoms with E-state index in [1.54, 1.807) is 18.4 Å². The molecule has 2 aromatic rings. The highest BCUT2D eigenvalue weighted by Crippen LogP contribution is 2.13. The Morgan fingerprint density at radius 3 is 2.94 bits per heavy atom. The van der Waals surface area contributed by atoms with E-state index in [9.17, 15) is 0 Å². The second-order valence-electron chi connectivity index (χ2n) is 3.87. The molecule has 0 fully saturated rings. The molecule has 0 saturated carbocycles. The number of hydrogen-bond donors (Lipinski definition) is 1. The standard InChI is InChI=1S/C13H16N2OS/c1-10-5-13(16-2)6-12(15-10)8-14-7-11-3-4-17-9-11/h3-6,9,14H,7-8H2,1-2H3. The molecule has 2 aromatic heterocycles. The first kappa shape index (κ1) is 12.1. The van der Waals surface area contributed by atoms with Gasteiger partial charge in [-0.3, -0.25) is 4.98 Å². The molecular formula is C13H16N2OS. The Hall–Kier alpha value is -1.39. The minimum Gasteiger partial charge on any atom is -0.497 e. The zero-order valence-electron chi connectivity index (χ0n) is 10.1. The van der Waals surface area contributed by atoms with E-state index >= 15 is 0 Å². The van der Waals surface area contributed by atoms with Crippen LogP contribution >= 0.6 is 11.3 Å². The highest BCUT2D eigenvalue weighted by molar-refractivity contribution is 7.07. The second-order valence-corrected chi connectivity index (χ2v) is 4.65. The smallest absolute Gasteiger partial charge is 0.122 e. The normalized spacial score (nSPS) is 10.5. The number of nitrogens with one attached hydrogen (secondary N) is 1. The van der Waals surface area contributed by atoms with Crippen LogP contribution in [-0.4, -0.2) is 12.1 Å². The Morgan fingerprint density at radius 1 is 1.35 bits per heavy atom. The van der Waals surface area contributed by atoms with Crippen molar-refractivity contribution in [3.05, 3.63) is 45.9 Å². The number of aromatic nitrogens is 1. The molecule has 0 saturated heterocycles. The average Bonchev–Trinajstić information content (AvgIpc) is 2.81. The van der Waals surface area contributed by atoms with Crippen molar-refractivity contribution in [2.75, 3.05) is 7.11 Å². The highest BCUT2D eigenvalue weighted by Gasteiger charge is 2.00. The molecule has 0 unspecified atom stereocenters. The molecule has 1 N–H and O–H groups in total. The van der Waals surface area contributed by atoms with Crippen LogP contribution in [0.25, 0.3) is 0 Å².